The van der Waals surface area contributed by atoms with E-state index in [0.29, 0.717) is 6.04 Å². The fourth-order valence-corrected chi connectivity index (χ4v) is 1.21. The van der Waals surface area contributed by atoms with Crippen molar-refractivity contribution in [2.24, 2.45) is 0 Å². The topological polar surface area (TPSA) is 41.1 Å². The largest absolute Gasteiger partial charge is 0.309 e. The predicted octanol–water partition coefficient (Wildman–Crippen LogP) is 1.04. The van der Waals surface area contributed by atoms with Gasteiger partial charge in [-0.2, -0.15) is 0 Å². The third kappa shape index (κ3) is 4.85. The minimum atomic E-state index is 0.484. The number of hydrogen-bond acceptors (Lipinski definition) is 4. The van der Waals surface area contributed by atoms with Crippen molar-refractivity contribution in [2.45, 2.75) is 33.0 Å². The van der Waals surface area contributed by atoms with E-state index in [4.69, 9.17) is 0 Å². The molecule has 0 fully saturated rings. The van der Waals surface area contributed by atoms with E-state index < -0.39 is 0 Å². The molecule has 0 radical (unpaired) electrons. The van der Waals surface area contributed by atoms with Gasteiger partial charge in [0.1, 0.15) is 5.82 Å². The van der Waals surface area contributed by atoms with Gasteiger partial charge in [0.2, 0.25) is 0 Å². The lowest BCUT2D eigenvalue weighted by molar-refractivity contribution is 0.389. The van der Waals surface area contributed by atoms with Crippen LogP contribution in [0.15, 0.2) is 12.3 Å². The third-order valence-corrected chi connectivity index (χ3v) is 1.91. The number of rotatable bonds is 5. The molecule has 0 unspecified atom stereocenters. The van der Waals surface area contributed by atoms with Crippen molar-refractivity contribution in [3.8, 4) is 0 Å². The van der Waals surface area contributed by atoms with Crippen molar-refractivity contribution in [2.75, 3.05) is 14.1 Å². The molecule has 1 aromatic rings. The summed E-state index contributed by atoms with van der Waals surface area (Å²) < 4.78 is 0. The van der Waals surface area contributed by atoms with Crippen LogP contribution in [0.5, 0.6) is 0 Å². The van der Waals surface area contributed by atoms with Crippen molar-refractivity contribution in [1.82, 2.24) is 20.2 Å². The minimum Gasteiger partial charge on any atom is -0.309 e. The first-order valence-corrected chi connectivity index (χ1v) is 5.27. The maximum Gasteiger partial charge on any atom is 0.142 e. The zero-order valence-electron chi connectivity index (χ0n) is 9.99. The highest BCUT2D eigenvalue weighted by molar-refractivity contribution is 5.02. The summed E-state index contributed by atoms with van der Waals surface area (Å²) in [5.41, 5.74) is 1.05. The molecule has 0 aliphatic heterocycles. The summed E-state index contributed by atoms with van der Waals surface area (Å²) in [7, 11) is 4.03. The molecule has 0 amide bonds. The Hall–Kier alpha value is -1.00. The third-order valence-electron chi connectivity index (χ3n) is 1.91. The van der Waals surface area contributed by atoms with Gasteiger partial charge in [0, 0.05) is 18.8 Å². The smallest absolute Gasteiger partial charge is 0.142 e. The van der Waals surface area contributed by atoms with E-state index >= 15 is 0 Å². The van der Waals surface area contributed by atoms with Crippen LogP contribution in [0.2, 0.25) is 0 Å². The van der Waals surface area contributed by atoms with Gasteiger partial charge in [0.05, 0.1) is 12.2 Å². The molecule has 0 spiro atoms. The Kier molecular flexibility index (Phi) is 4.65. The van der Waals surface area contributed by atoms with Gasteiger partial charge in [0.15, 0.2) is 0 Å². The molecule has 0 bridgehead atoms. The van der Waals surface area contributed by atoms with Crippen molar-refractivity contribution in [3.05, 3.63) is 23.8 Å². The lowest BCUT2D eigenvalue weighted by atomic mass is 10.3. The van der Waals surface area contributed by atoms with Crippen LogP contribution in [0.4, 0.5) is 0 Å². The lowest BCUT2D eigenvalue weighted by Gasteiger charge is -2.10. The van der Waals surface area contributed by atoms with Gasteiger partial charge < -0.3 is 10.2 Å². The van der Waals surface area contributed by atoms with Crippen LogP contribution in [-0.2, 0) is 13.1 Å². The van der Waals surface area contributed by atoms with Crippen LogP contribution >= 0.6 is 0 Å². The average Bonchev–Trinajstić information content (AvgIpc) is 2.14. The van der Waals surface area contributed by atoms with Gasteiger partial charge in [-0.25, -0.2) is 9.97 Å². The van der Waals surface area contributed by atoms with Crippen LogP contribution in [0.3, 0.4) is 0 Å². The Bertz CT molecular complexity index is 296. The first-order valence-electron chi connectivity index (χ1n) is 5.27. The molecule has 84 valence electrons. The van der Waals surface area contributed by atoms with E-state index in [0.717, 1.165) is 24.6 Å². The molecule has 1 aromatic heterocycles. The quantitative estimate of drug-likeness (QED) is 0.785. The van der Waals surface area contributed by atoms with E-state index in [1.165, 1.54) is 0 Å². The summed E-state index contributed by atoms with van der Waals surface area (Å²) >= 11 is 0. The van der Waals surface area contributed by atoms with Gasteiger partial charge in [-0.15, -0.1) is 0 Å². The summed E-state index contributed by atoms with van der Waals surface area (Å²) in [6.07, 6.45) is 1.82. The predicted molar refractivity (Wildman–Crippen MR) is 61.4 cm³/mol. The van der Waals surface area contributed by atoms with E-state index in [2.05, 4.69) is 34.0 Å². The van der Waals surface area contributed by atoms with Crippen molar-refractivity contribution in [3.63, 3.8) is 0 Å². The van der Waals surface area contributed by atoms with Gasteiger partial charge in [-0.05, 0) is 20.2 Å². The Morgan fingerprint density at radius 3 is 2.73 bits per heavy atom. The Balaban J connectivity index is 2.57. The molecule has 15 heavy (non-hydrogen) atoms. The first kappa shape index (κ1) is 12.1. The average molecular weight is 208 g/mol. The van der Waals surface area contributed by atoms with Crippen LogP contribution in [0.25, 0.3) is 0 Å². The van der Waals surface area contributed by atoms with Crippen LogP contribution in [-0.4, -0.2) is 35.0 Å². The summed E-state index contributed by atoms with van der Waals surface area (Å²) in [6, 6.07) is 2.44. The van der Waals surface area contributed by atoms with Crippen LogP contribution in [0, 0.1) is 0 Å². The lowest BCUT2D eigenvalue weighted by Crippen LogP contribution is -2.23. The maximum atomic E-state index is 4.47. The standard InChI is InChI=1S/C11H20N4/c1-9(2)13-7-10-5-6-12-11(14-10)8-15(3)4/h5-6,9,13H,7-8H2,1-4H3. The monoisotopic (exact) mass is 208 g/mol. The van der Waals surface area contributed by atoms with E-state index in [9.17, 15) is 0 Å². The Morgan fingerprint density at radius 2 is 2.13 bits per heavy atom. The zero-order valence-corrected chi connectivity index (χ0v) is 9.99. The van der Waals surface area contributed by atoms with Crippen LogP contribution < -0.4 is 5.32 Å². The molecule has 0 aromatic carbocycles. The summed E-state index contributed by atoms with van der Waals surface area (Å²) in [4.78, 5) is 10.8. The van der Waals surface area contributed by atoms with Gasteiger partial charge in [-0.1, -0.05) is 13.8 Å². The molecular formula is C11H20N4. The molecule has 1 N–H and O–H groups in total. The van der Waals surface area contributed by atoms with E-state index in [-0.39, 0.29) is 0 Å². The second kappa shape index (κ2) is 5.78. The van der Waals surface area contributed by atoms with Crippen LogP contribution in [0.1, 0.15) is 25.4 Å². The van der Waals surface area contributed by atoms with Crippen molar-refractivity contribution in [1.29, 1.82) is 0 Å². The minimum absolute atomic E-state index is 0.484. The molecule has 4 nitrogen and oxygen atoms in total. The normalized spacial score (nSPS) is 11.3. The van der Waals surface area contributed by atoms with E-state index in [1.807, 2.05) is 26.4 Å². The fourth-order valence-electron chi connectivity index (χ4n) is 1.21. The molecule has 1 rings (SSSR count). The van der Waals surface area contributed by atoms with E-state index in [1.54, 1.807) is 0 Å². The molecule has 0 saturated heterocycles. The summed E-state index contributed by atoms with van der Waals surface area (Å²) in [6.45, 7) is 5.85. The molecular weight excluding hydrogens is 188 g/mol. The highest BCUT2D eigenvalue weighted by Gasteiger charge is 2.01. The second-order valence-electron chi connectivity index (χ2n) is 4.24. The number of aromatic nitrogens is 2. The highest BCUT2D eigenvalue weighted by Crippen LogP contribution is 1.98. The van der Waals surface area contributed by atoms with Gasteiger partial charge in [0.25, 0.3) is 0 Å². The first-order chi connectivity index (χ1) is 7.08. The number of nitrogens with zero attached hydrogens (tertiary/aromatic N) is 3. The number of nitrogens with one attached hydrogen (secondary N) is 1. The Labute approximate surface area is 91.7 Å². The van der Waals surface area contributed by atoms with Gasteiger partial charge in [-0.3, -0.25) is 0 Å². The summed E-state index contributed by atoms with van der Waals surface area (Å²) in [5.74, 6) is 0.878. The SMILES string of the molecule is CC(C)NCc1ccnc(CN(C)C)n1. The molecule has 4 heteroatoms. The molecule has 1 heterocycles. The Morgan fingerprint density at radius 1 is 1.40 bits per heavy atom. The zero-order chi connectivity index (χ0) is 11.3. The molecule has 0 atom stereocenters. The van der Waals surface area contributed by atoms with Gasteiger partial charge >= 0.3 is 0 Å². The molecule has 0 saturated carbocycles. The second-order valence-corrected chi connectivity index (χ2v) is 4.24. The highest BCUT2D eigenvalue weighted by atomic mass is 15.1. The maximum absolute atomic E-state index is 4.47. The van der Waals surface area contributed by atoms with Crippen molar-refractivity contribution < 1.29 is 0 Å². The molecule has 0 aliphatic rings. The number of hydrogen-bond donors (Lipinski definition) is 1. The van der Waals surface area contributed by atoms with Crippen molar-refractivity contribution >= 4 is 0 Å². The fraction of sp³-hybridized carbons (Fsp3) is 0.636. The molecule has 0 aliphatic carbocycles. The summed E-state index contributed by atoms with van der Waals surface area (Å²) in [5, 5.41) is 3.34.